The molecule has 0 saturated heterocycles. The highest BCUT2D eigenvalue weighted by molar-refractivity contribution is 6.31. The summed E-state index contributed by atoms with van der Waals surface area (Å²) in [6.45, 7) is 1.62. The van der Waals surface area contributed by atoms with Gasteiger partial charge in [0.05, 0.1) is 0 Å². The Morgan fingerprint density at radius 1 is 1.35 bits per heavy atom. The maximum absolute atomic E-state index is 13.2. The molecule has 0 spiro atoms. The van der Waals surface area contributed by atoms with E-state index in [0.29, 0.717) is 5.56 Å². The van der Waals surface area contributed by atoms with Gasteiger partial charge in [-0.3, -0.25) is 0 Å². The zero-order valence-electron chi connectivity index (χ0n) is 10.7. The zero-order valence-corrected chi connectivity index (χ0v) is 11.4. The van der Waals surface area contributed by atoms with E-state index in [1.54, 1.807) is 6.92 Å². The van der Waals surface area contributed by atoms with E-state index in [4.69, 9.17) is 17.3 Å². The summed E-state index contributed by atoms with van der Waals surface area (Å²) in [7, 11) is 0. The molecule has 108 valence electrons. The van der Waals surface area contributed by atoms with Crippen molar-refractivity contribution in [3.05, 3.63) is 28.3 Å². The number of aryl methyl sites for hydroxylation is 1. The monoisotopic (exact) mass is 303 g/mol. The molecule has 1 aromatic rings. The lowest BCUT2D eigenvalue weighted by Crippen LogP contribution is -2.41. The molecule has 1 aromatic carbocycles. The van der Waals surface area contributed by atoms with Crippen LogP contribution in [0, 0.1) is 24.7 Å². The third-order valence-corrected chi connectivity index (χ3v) is 3.57. The molecule has 0 aliphatic heterocycles. The maximum Gasteiger partial charge on any atom is 0.433 e. The molecule has 0 heterocycles. The highest BCUT2D eigenvalue weighted by atomic mass is 35.5. The van der Waals surface area contributed by atoms with Crippen molar-refractivity contribution < 1.29 is 18.3 Å². The molecule has 1 atom stereocenters. The number of benzene rings is 1. The number of hydrogen-bond acceptors (Lipinski definition) is 2. The van der Waals surface area contributed by atoms with Crippen LogP contribution in [-0.2, 0) is 5.60 Å². The van der Waals surface area contributed by atoms with Crippen LogP contribution in [0.1, 0.15) is 24.0 Å². The Balaban J connectivity index is 2.58. The Morgan fingerprint density at radius 2 is 1.95 bits per heavy atom. The van der Waals surface area contributed by atoms with Gasteiger partial charge in [0, 0.05) is 22.2 Å². The van der Waals surface area contributed by atoms with Crippen LogP contribution in [0.3, 0.4) is 0 Å². The molecule has 1 aliphatic carbocycles. The SMILES string of the molecule is Cc1cc(N)c([C@@](O)(C#CC2CC2)C(F)(F)F)cc1Cl. The van der Waals surface area contributed by atoms with Crippen molar-refractivity contribution in [1.29, 1.82) is 0 Å². The summed E-state index contributed by atoms with van der Waals surface area (Å²) < 4.78 is 39.7. The van der Waals surface area contributed by atoms with Gasteiger partial charge < -0.3 is 10.8 Å². The van der Waals surface area contributed by atoms with E-state index in [0.717, 1.165) is 18.9 Å². The molecular weight excluding hydrogens is 291 g/mol. The van der Waals surface area contributed by atoms with Crippen LogP contribution in [0.5, 0.6) is 0 Å². The van der Waals surface area contributed by atoms with E-state index >= 15 is 0 Å². The number of halogens is 4. The summed E-state index contributed by atoms with van der Waals surface area (Å²) in [6, 6.07) is 2.33. The minimum Gasteiger partial charge on any atom is -0.398 e. The Bertz CT molecular complexity index is 599. The fourth-order valence-corrected chi connectivity index (χ4v) is 1.91. The van der Waals surface area contributed by atoms with Crippen LogP contribution < -0.4 is 5.73 Å². The molecule has 0 radical (unpaired) electrons. The van der Waals surface area contributed by atoms with Crippen molar-refractivity contribution in [2.24, 2.45) is 5.92 Å². The van der Waals surface area contributed by atoms with Crippen molar-refractivity contribution in [3.63, 3.8) is 0 Å². The summed E-state index contributed by atoms with van der Waals surface area (Å²) >= 11 is 5.83. The van der Waals surface area contributed by atoms with Crippen LogP contribution in [0.25, 0.3) is 0 Å². The molecule has 1 aliphatic rings. The number of nitrogens with two attached hydrogens (primary N) is 1. The van der Waals surface area contributed by atoms with E-state index < -0.39 is 17.3 Å². The lowest BCUT2D eigenvalue weighted by Gasteiger charge is -2.27. The summed E-state index contributed by atoms with van der Waals surface area (Å²) in [6.07, 6.45) is -3.45. The molecule has 6 heteroatoms. The summed E-state index contributed by atoms with van der Waals surface area (Å²) in [5.74, 6) is 4.31. The molecular formula is C14H13ClF3NO. The van der Waals surface area contributed by atoms with Crippen molar-refractivity contribution in [1.82, 2.24) is 0 Å². The van der Waals surface area contributed by atoms with E-state index in [2.05, 4.69) is 5.92 Å². The predicted molar refractivity (Wildman–Crippen MR) is 71.1 cm³/mol. The minimum absolute atomic E-state index is 0.0778. The molecule has 0 amide bonds. The predicted octanol–water partition coefficient (Wildman–Crippen LogP) is 3.39. The first-order valence-corrected chi connectivity index (χ1v) is 6.41. The number of anilines is 1. The average Bonchev–Trinajstić information content (AvgIpc) is 3.13. The second kappa shape index (κ2) is 4.87. The van der Waals surface area contributed by atoms with Gasteiger partial charge in [0.2, 0.25) is 5.60 Å². The molecule has 20 heavy (non-hydrogen) atoms. The Hall–Kier alpha value is -1.38. The molecule has 0 unspecified atom stereocenters. The van der Waals surface area contributed by atoms with Crippen LogP contribution in [-0.4, -0.2) is 11.3 Å². The van der Waals surface area contributed by atoms with Gasteiger partial charge in [0.15, 0.2) is 0 Å². The normalized spacial score (nSPS) is 18.1. The standard InChI is InChI=1S/C14H13ClF3NO/c1-8-6-12(19)10(7-11(8)15)13(20,14(16,17)18)5-4-9-2-3-9/h6-7,9,20H,2-3,19H2,1H3/t13-/m0/s1. The van der Waals surface area contributed by atoms with Gasteiger partial charge in [-0.25, -0.2) is 0 Å². The fraction of sp³-hybridized carbons (Fsp3) is 0.429. The highest BCUT2D eigenvalue weighted by Crippen LogP contribution is 2.43. The van der Waals surface area contributed by atoms with Crippen molar-refractivity contribution in [3.8, 4) is 11.8 Å². The van der Waals surface area contributed by atoms with E-state index in [1.165, 1.54) is 6.07 Å². The van der Waals surface area contributed by atoms with Gasteiger partial charge in [0.1, 0.15) is 0 Å². The van der Waals surface area contributed by atoms with Crippen molar-refractivity contribution >= 4 is 17.3 Å². The van der Waals surface area contributed by atoms with Gasteiger partial charge in [-0.15, -0.1) is 0 Å². The van der Waals surface area contributed by atoms with Gasteiger partial charge >= 0.3 is 6.18 Å². The highest BCUT2D eigenvalue weighted by Gasteiger charge is 2.55. The Labute approximate surface area is 119 Å². The molecule has 2 rings (SSSR count). The van der Waals surface area contributed by atoms with Gasteiger partial charge in [0.25, 0.3) is 0 Å². The van der Waals surface area contributed by atoms with Gasteiger partial charge in [-0.2, -0.15) is 13.2 Å². The second-order valence-electron chi connectivity index (χ2n) is 4.94. The largest absolute Gasteiger partial charge is 0.433 e. The third-order valence-electron chi connectivity index (χ3n) is 3.17. The first-order valence-electron chi connectivity index (χ1n) is 6.03. The van der Waals surface area contributed by atoms with Crippen LogP contribution in [0.4, 0.5) is 18.9 Å². The quantitative estimate of drug-likeness (QED) is 0.617. The molecule has 0 bridgehead atoms. The van der Waals surface area contributed by atoms with Crippen LogP contribution in [0.2, 0.25) is 5.02 Å². The minimum atomic E-state index is -4.96. The number of alkyl halides is 3. The van der Waals surface area contributed by atoms with Crippen LogP contribution >= 0.6 is 11.6 Å². The number of hydrogen-bond donors (Lipinski definition) is 2. The Morgan fingerprint density at radius 3 is 2.45 bits per heavy atom. The smallest absolute Gasteiger partial charge is 0.398 e. The molecule has 2 nitrogen and oxygen atoms in total. The summed E-state index contributed by atoms with van der Waals surface area (Å²) in [5.41, 5.74) is 2.15. The summed E-state index contributed by atoms with van der Waals surface area (Å²) in [4.78, 5) is 0. The lowest BCUT2D eigenvalue weighted by molar-refractivity contribution is -0.240. The lowest BCUT2D eigenvalue weighted by atomic mass is 9.91. The first kappa shape index (κ1) is 15.0. The number of aliphatic hydroxyl groups is 1. The number of rotatable bonds is 1. The third kappa shape index (κ3) is 2.72. The van der Waals surface area contributed by atoms with E-state index in [1.807, 2.05) is 5.92 Å². The van der Waals surface area contributed by atoms with E-state index in [-0.39, 0.29) is 16.6 Å². The molecule has 3 N–H and O–H groups in total. The fourth-order valence-electron chi connectivity index (χ4n) is 1.74. The maximum atomic E-state index is 13.2. The molecule has 1 fully saturated rings. The van der Waals surface area contributed by atoms with E-state index in [9.17, 15) is 18.3 Å². The second-order valence-corrected chi connectivity index (χ2v) is 5.35. The van der Waals surface area contributed by atoms with Crippen LogP contribution in [0.15, 0.2) is 12.1 Å². The van der Waals surface area contributed by atoms with Crippen molar-refractivity contribution in [2.45, 2.75) is 31.5 Å². The first-order chi connectivity index (χ1) is 9.15. The van der Waals surface area contributed by atoms with Crippen molar-refractivity contribution in [2.75, 3.05) is 5.73 Å². The molecule has 0 aromatic heterocycles. The van der Waals surface area contributed by atoms with Gasteiger partial charge in [-0.1, -0.05) is 23.4 Å². The average molecular weight is 304 g/mol. The topological polar surface area (TPSA) is 46.2 Å². The summed E-state index contributed by atoms with van der Waals surface area (Å²) in [5, 5.41) is 10.2. The van der Waals surface area contributed by atoms with Gasteiger partial charge in [-0.05, 0) is 37.5 Å². The Kier molecular flexibility index (Phi) is 3.66. The number of nitrogen functional groups attached to an aromatic ring is 1. The zero-order chi connectivity index (χ0) is 15.1. The molecule has 1 saturated carbocycles.